The van der Waals surface area contributed by atoms with Crippen LogP contribution in [-0.2, 0) is 11.2 Å². The highest BCUT2D eigenvalue weighted by Gasteiger charge is 2.07. The van der Waals surface area contributed by atoms with Crippen LogP contribution >= 0.6 is 22.9 Å². The van der Waals surface area contributed by atoms with Gasteiger partial charge in [0, 0.05) is 23.0 Å². The van der Waals surface area contributed by atoms with Crippen molar-refractivity contribution < 1.29 is 4.79 Å². The van der Waals surface area contributed by atoms with Crippen LogP contribution < -0.4 is 5.32 Å². The number of aromatic nitrogens is 1. The van der Waals surface area contributed by atoms with Crippen molar-refractivity contribution in [3.8, 4) is 10.6 Å². The quantitative estimate of drug-likeness (QED) is 0.928. The molecule has 1 aromatic carbocycles. The number of rotatable bonds is 3. The Labute approximate surface area is 108 Å². The smallest absolute Gasteiger partial charge is 0.225 e. The third kappa shape index (κ3) is 3.05. The third-order valence-electron chi connectivity index (χ3n) is 2.26. The van der Waals surface area contributed by atoms with Crippen LogP contribution in [0, 0.1) is 0 Å². The first kappa shape index (κ1) is 12.1. The van der Waals surface area contributed by atoms with Crippen molar-refractivity contribution in [2.45, 2.75) is 6.42 Å². The van der Waals surface area contributed by atoms with E-state index in [1.165, 1.54) is 11.3 Å². The first-order chi connectivity index (χ1) is 8.19. The molecule has 1 aromatic heterocycles. The Kier molecular flexibility index (Phi) is 3.76. The van der Waals surface area contributed by atoms with Crippen LogP contribution in [0.15, 0.2) is 29.6 Å². The number of thiazole rings is 1. The average Bonchev–Trinajstić information content (AvgIpc) is 2.78. The fourth-order valence-corrected chi connectivity index (χ4v) is 2.32. The summed E-state index contributed by atoms with van der Waals surface area (Å²) < 4.78 is 0. The minimum absolute atomic E-state index is 0.0297. The van der Waals surface area contributed by atoms with E-state index in [4.69, 9.17) is 11.6 Å². The van der Waals surface area contributed by atoms with Crippen LogP contribution in [0.5, 0.6) is 0 Å². The average molecular weight is 267 g/mol. The lowest BCUT2D eigenvalue weighted by atomic mass is 10.2. The molecular formula is C12H11ClN2OS. The summed E-state index contributed by atoms with van der Waals surface area (Å²) >= 11 is 7.35. The number of hydrogen-bond acceptors (Lipinski definition) is 3. The van der Waals surface area contributed by atoms with E-state index in [-0.39, 0.29) is 5.91 Å². The van der Waals surface area contributed by atoms with Gasteiger partial charge in [-0.05, 0) is 12.1 Å². The first-order valence-electron chi connectivity index (χ1n) is 5.10. The van der Waals surface area contributed by atoms with Crippen molar-refractivity contribution in [1.82, 2.24) is 10.3 Å². The molecule has 2 rings (SSSR count). The molecule has 0 spiro atoms. The van der Waals surface area contributed by atoms with Crippen LogP contribution in [0.3, 0.4) is 0 Å². The van der Waals surface area contributed by atoms with Crippen LogP contribution in [0.4, 0.5) is 0 Å². The largest absolute Gasteiger partial charge is 0.359 e. The molecule has 0 radical (unpaired) electrons. The van der Waals surface area contributed by atoms with Gasteiger partial charge in [-0.3, -0.25) is 4.79 Å². The molecule has 1 heterocycles. The number of nitrogens with one attached hydrogen (secondary N) is 1. The summed E-state index contributed by atoms with van der Waals surface area (Å²) in [6.45, 7) is 0. The zero-order chi connectivity index (χ0) is 12.3. The SMILES string of the molecule is CNC(=O)Cc1csc(-c2ccc(Cl)cc2)n1. The molecule has 1 N–H and O–H groups in total. The van der Waals surface area contributed by atoms with E-state index in [2.05, 4.69) is 10.3 Å². The second kappa shape index (κ2) is 5.29. The minimum Gasteiger partial charge on any atom is -0.359 e. The second-order valence-electron chi connectivity index (χ2n) is 3.50. The highest BCUT2D eigenvalue weighted by molar-refractivity contribution is 7.13. The van der Waals surface area contributed by atoms with E-state index in [1.807, 2.05) is 29.6 Å². The molecule has 5 heteroatoms. The maximum absolute atomic E-state index is 11.2. The van der Waals surface area contributed by atoms with Crippen molar-refractivity contribution in [2.75, 3.05) is 7.05 Å². The normalized spacial score (nSPS) is 10.2. The number of halogens is 1. The van der Waals surface area contributed by atoms with E-state index < -0.39 is 0 Å². The molecule has 17 heavy (non-hydrogen) atoms. The summed E-state index contributed by atoms with van der Waals surface area (Å²) in [5.41, 5.74) is 1.81. The number of likely N-dealkylation sites (N-methyl/N-ethyl adjacent to an activating group) is 1. The van der Waals surface area contributed by atoms with Crippen molar-refractivity contribution in [2.24, 2.45) is 0 Å². The monoisotopic (exact) mass is 266 g/mol. The van der Waals surface area contributed by atoms with E-state index in [1.54, 1.807) is 7.05 Å². The topological polar surface area (TPSA) is 42.0 Å². The Hall–Kier alpha value is -1.39. The predicted octanol–water partition coefficient (Wildman–Crippen LogP) is 2.75. The van der Waals surface area contributed by atoms with Gasteiger partial charge in [-0.15, -0.1) is 11.3 Å². The first-order valence-corrected chi connectivity index (χ1v) is 6.35. The molecular weight excluding hydrogens is 256 g/mol. The van der Waals surface area contributed by atoms with Crippen molar-refractivity contribution >= 4 is 28.8 Å². The summed E-state index contributed by atoms with van der Waals surface area (Å²) in [6, 6.07) is 7.50. The number of carbonyl (C=O) groups is 1. The van der Waals surface area contributed by atoms with Crippen molar-refractivity contribution in [3.63, 3.8) is 0 Å². The number of nitrogens with zero attached hydrogens (tertiary/aromatic N) is 1. The highest BCUT2D eigenvalue weighted by Crippen LogP contribution is 2.25. The number of amides is 1. The molecule has 0 bridgehead atoms. The van der Waals surface area contributed by atoms with Gasteiger partial charge in [0.1, 0.15) is 5.01 Å². The standard InChI is InChI=1S/C12H11ClN2OS/c1-14-11(16)6-10-7-17-12(15-10)8-2-4-9(13)5-3-8/h2-5,7H,6H2,1H3,(H,14,16). The molecule has 0 saturated heterocycles. The lowest BCUT2D eigenvalue weighted by Gasteiger charge is -1.96. The van der Waals surface area contributed by atoms with Gasteiger partial charge in [0.15, 0.2) is 0 Å². The Morgan fingerprint density at radius 3 is 2.76 bits per heavy atom. The van der Waals surface area contributed by atoms with Crippen LogP contribution in [-0.4, -0.2) is 17.9 Å². The maximum Gasteiger partial charge on any atom is 0.225 e. The second-order valence-corrected chi connectivity index (χ2v) is 4.80. The molecule has 0 saturated carbocycles. The lowest BCUT2D eigenvalue weighted by Crippen LogP contribution is -2.19. The maximum atomic E-state index is 11.2. The summed E-state index contributed by atoms with van der Waals surface area (Å²) in [5.74, 6) is -0.0297. The Bertz CT molecular complexity index is 522. The van der Waals surface area contributed by atoms with Gasteiger partial charge in [-0.1, -0.05) is 23.7 Å². The van der Waals surface area contributed by atoms with Gasteiger partial charge in [0.05, 0.1) is 12.1 Å². The number of benzene rings is 1. The summed E-state index contributed by atoms with van der Waals surface area (Å²) in [4.78, 5) is 15.6. The number of hydrogen-bond donors (Lipinski definition) is 1. The Morgan fingerprint density at radius 2 is 2.12 bits per heavy atom. The zero-order valence-corrected chi connectivity index (χ0v) is 10.8. The Morgan fingerprint density at radius 1 is 1.41 bits per heavy atom. The van der Waals surface area contributed by atoms with Gasteiger partial charge in [0.2, 0.25) is 5.91 Å². The molecule has 0 atom stereocenters. The molecule has 88 valence electrons. The zero-order valence-electron chi connectivity index (χ0n) is 9.24. The van der Waals surface area contributed by atoms with Crippen LogP contribution in [0.1, 0.15) is 5.69 Å². The van der Waals surface area contributed by atoms with Gasteiger partial charge < -0.3 is 5.32 Å². The molecule has 3 nitrogen and oxygen atoms in total. The van der Waals surface area contributed by atoms with Crippen molar-refractivity contribution in [3.05, 3.63) is 40.4 Å². The van der Waals surface area contributed by atoms with Crippen LogP contribution in [0.2, 0.25) is 5.02 Å². The van der Waals surface area contributed by atoms with Gasteiger partial charge in [-0.25, -0.2) is 4.98 Å². The van der Waals surface area contributed by atoms with E-state index in [9.17, 15) is 4.79 Å². The molecule has 0 unspecified atom stereocenters. The summed E-state index contributed by atoms with van der Waals surface area (Å²) in [5, 5.41) is 6.09. The molecule has 0 fully saturated rings. The summed E-state index contributed by atoms with van der Waals surface area (Å²) in [6.07, 6.45) is 0.320. The van der Waals surface area contributed by atoms with Gasteiger partial charge in [0.25, 0.3) is 0 Å². The summed E-state index contributed by atoms with van der Waals surface area (Å²) in [7, 11) is 1.62. The van der Waals surface area contributed by atoms with Crippen molar-refractivity contribution in [1.29, 1.82) is 0 Å². The highest BCUT2D eigenvalue weighted by atomic mass is 35.5. The van der Waals surface area contributed by atoms with Gasteiger partial charge >= 0.3 is 0 Å². The van der Waals surface area contributed by atoms with E-state index in [0.717, 1.165) is 16.3 Å². The van der Waals surface area contributed by atoms with E-state index in [0.29, 0.717) is 11.4 Å². The molecule has 0 aliphatic carbocycles. The minimum atomic E-state index is -0.0297. The molecule has 0 aliphatic heterocycles. The predicted molar refractivity (Wildman–Crippen MR) is 70.3 cm³/mol. The van der Waals surface area contributed by atoms with Crippen LogP contribution in [0.25, 0.3) is 10.6 Å². The molecule has 1 amide bonds. The fourth-order valence-electron chi connectivity index (χ4n) is 1.37. The van der Waals surface area contributed by atoms with Gasteiger partial charge in [-0.2, -0.15) is 0 Å². The molecule has 2 aromatic rings. The lowest BCUT2D eigenvalue weighted by molar-refractivity contribution is -0.120. The molecule has 0 aliphatic rings. The fraction of sp³-hybridized carbons (Fsp3) is 0.167. The Balaban J connectivity index is 2.18. The number of carbonyl (C=O) groups excluding carboxylic acids is 1. The third-order valence-corrected chi connectivity index (χ3v) is 3.46. The van der Waals surface area contributed by atoms with E-state index >= 15 is 0 Å².